The SMILES string of the molecule is CCCCCCCCCCCCC(Cl)C(=O)NNc1ccccc1. The van der Waals surface area contributed by atoms with Gasteiger partial charge >= 0.3 is 0 Å². The van der Waals surface area contributed by atoms with Gasteiger partial charge in [0.15, 0.2) is 0 Å². The van der Waals surface area contributed by atoms with Crippen LogP contribution in [0.3, 0.4) is 0 Å². The Labute approximate surface area is 152 Å². The maximum atomic E-state index is 11.9. The van der Waals surface area contributed by atoms with Gasteiger partial charge in [-0.15, -0.1) is 11.6 Å². The molecule has 0 spiro atoms. The second-order valence-corrected chi connectivity index (χ2v) is 6.95. The van der Waals surface area contributed by atoms with Crippen molar-refractivity contribution < 1.29 is 4.79 Å². The number of para-hydroxylation sites is 1. The number of carbonyl (C=O) groups excluding carboxylic acids is 1. The second kappa shape index (κ2) is 14.2. The van der Waals surface area contributed by atoms with E-state index < -0.39 is 5.38 Å². The van der Waals surface area contributed by atoms with E-state index in [9.17, 15) is 4.79 Å². The van der Waals surface area contributed by atoms with E-state index in [4.69, 9.17) is 11.6 Å². The second-order valence-electron chi connectivity index (χ2n) is 6.42. The molecular formula is C20H33ClN2O. The molecule has 1 rings (SSSR count). The highest BCUT2D eigenvalue weighted by molar-refractivity contribution is 6.30. The summed E-state index contributed by atoms with van der Waals surface area (Å²) in [5.74, 6) is -0.156. The average molecular weight is 353 g/mol. The van der Waals surface area contributed by atoms with Crippen LogP contribution in [0.1, 0.15) is 77.6 Å². The fraction of sp³-hybridized carbons (Fsp3) is 0.650. The lowest BCUT2D eigenvalue weighted by Crippen LogP contribution is -2.35. The predicted octanol–water partition coefficient (Wildman–Crippen LogP) is 6.05. The summed E-state index contributed by atoms with van der Waals surface area (Å²) in [4.78, 5) is 11.9. The average Bonchev–Trinajstić information content (AvgIpc) is 2.62. The summed E-state index contributed by atoms with van der Waals surface area (Å²) in [5.41, 5.74) is 6.40. The number of amides is 1. The molecule has 0 aliphatic carbocycles. The highest BCUT2D eigenvalue weighted by Crippen LogP contribution is 2.14. The molecule has 2 N–H and O–H groups in total. The van der Waals surface area contributed by atoms with Gasteiger partial charge in [-0.3, -0.25) is 15.6 Å². The van der Waals surface area contributed by atoms with E-state index in [2.05, 4.69) is 17.8 Å². The van der Waals surface area contributed by atoms with Crippen molar-refractivity contribution in [1.29, 1.82) is 0 Å². The van der Waals surface area contributed by atoms with Crippen molar-refractivity contribution in [3.63, 3.8) is 0 Å². The fourth-order valence-corrected chi connectivity index (χ4v) is 2.88. The zero-order valence-electron chi connectivity index (χ0n) is 15.0. The number of hydrazine groups is 1. The van der Waals surface area contributed by atoms with Crippen molar-refractivity contribution in [1.82, 2.24) is 5.43 Å². The minimum Gasteiger partial charge on any atom is -0.299 e. The lowest BCUT2D eigenvalue weighted by Gasteiger charge is -2.12. The molecule has 136 valence electrons. The van der Waals surface area contributed by atoms with Crippen LogP contribution in [0, 0.1) is 0 Å². The van der Waals surface area contributed by atoms with E-state index in [-0.39, 0.29) is 5.91 Å². The van der Waals surface area contributed by atoms with Crippen molar-refractivity contribution in [2.75, 3.05) is 5.43 Å². The molecule has 4 heteroatoms. The molecule has 0 bridgehead atoms. The number of alkyl halides is 1. The van der Waals surface area contributed by atoms with Crippen LogP contribution >= 0.6 is 11.6 Å². The molecule has 0 aliphatic heterocycles. The van der Waals surface area contributed by atoms with Gasteiger partial charge in [-0.2, -0.15) is 0 Å². The Morgan fingerprint density at radius 2 is 1.46 bits per heavy atom. The fourth-order valence-electron chi connectivity index (χ4n) is 2.68. The zero-order valence-corrected chi connectivity index (χ0v) is 15.8. The smallest absolute Gasteiger partial charge is 0.256 e. The van der Waals surface area contributed by atoms with Crippen LogP contribution in [0.25, 0.3) is 0 Å². The minimum atomic E-state index is -0.463. The van der Waals surface area contributed by atoms with Crippen molar-refractivity contribution in [2.24, 2.45) is 0 Å². The molecular weight excluding hydrogens is 320 g/mol. The summed E-state index contributed by atoms with van der Waals surface area (Å²) >= 11 is 6.16. The normalized spacial score (nSPS) is 11.9. The van der Waals surface area contributed by atoms with E-state index in [0.29, 0.717) is 0 Å². The highest BCUT2D eigenvalue weighted by Gasteiger charge is 2.14. The van der Waals surface area contributed by atoms with E-state index in [1.807, 2.05) is 30.3 Å². The Kier molecular flexibility index (Phi) is 12.3. The number of benzene rings is 1. The molecule has 1 amide bonds. The molecule has 1 unspecified atom stereocenters. The summed E-state index contributed by atoms with van der Waals surface area (Å²) in [6.45, 7) is 2.25. The van der Waals surface area contributed by atoms with E-state index in [0.717, 1.165) is 24.9 Å². The Bertz CT molecular complexity index is 425. The summed E-state index contributed by atoms with van der Waals surface area (Å²) in [7, 11) is 0. The van der Waals surface area contributed by atoms with Gasteiger partial charge in [0.05, 0.1) is 5.69 Å². The van der Waals surface area contributed by atoms with Gasteiger partial charge in [-0.1, -0.05) is 89.3 Å². The molecule has 0 aromatic heterocycles. The molecule has 0 radical (unpaired) electrons. The summed E-state index contributed by atoms with van der Waals surface area (Å²) in [5, 5.41) is -0.463. The molecule has 1 aromatic rings. The van der Waals surface area contributed by atoms with Gasteiger partial charge in [0.2, 0.25) is 0 Å². The molecule has 0 aliphatic rings. The number of anilines is 1. The van der Waals surface area contributed by atoms with Crippen molar-refractivity contribution in [3.05, 3.63) is 30.3 Å². The minimum absolute atomic E-state index is 0.156. The van der Waals surface area contributed by atoms with Crippen LogP contribution in [0.5, 0.6) is 0 Å². The molecule has 1 aromatic carbocycles. The molecule has 0 saturated heterocycles. The van der Waals surface area contributed by atoms with Crippen LogP contribution in [0.2, 0.25) is 0 Å². The molecule has 0 fully saturated rings. The number of unbranched alkanes of at least 4 members (excludes halogenated alkanes) is 9. The predicted molar refractivity (Wildman–Crippen MR) is 104 cm³/mol. The molecule has 24 heavy (non-hydrogen) atoms. The summed E-state index contributed by atoms with van der Waals surface area (Å²) in [6, 6.07) is 9.55. The standard InChI is InChI=1S/C20H33ClN2O/c1-2-3-4-5-6-7-8-9-10-14-17-19(21)20(24)23-22-18-15-12-11-13-16-18/h11-13,15-16,19,22H,2-10,14,17H2,1H3,(H,23,24). The quantitative estimate of drug-likeness (QED) is 0.243. The van der Waals surface area contributed by atoms with Gasteiger partial charge in [-0.05, 0) is 18.6 Å². The number of carbonyl (C=O) groups is 1. The maximum Gasteiger partial charge on any atom is 0.256 e. The van der Waals surface area contributed by atoms with Crippen LogP contribution in [0.4, 0.5) is 5.69 Å². The van der Waals surface area contributed by atoms with Crippen molar-refractivity contribution >= 4 is 23.2 Å². The third kappa shape index (κ3) is 10.5. The van der Waals surface area contributed by atoms with Gasteiger partial charge < -0.3 is 0 Å². The lowest BCUT2D eigenvalue weighted by atomic mass is 10.1. The monoisotopic (exact) mass is 352 g/mol. The van der Waals surface area contributed by atoms with Gasteiger partial charge in [0.1, 0.15) is 5.38 Å². The maximum absolute atomic E-state index is 11.9. The van der Waals surface area contributed by atoms with Crippen molar-refractivity contribution in [3.8, 4) is 0 Å². The van der Waals surface area contributed by atoms with Gasteiger partial charge in [-0.25, -0.2) is 0 Å². The Morgan fingerprint density at radius 3 is 2.04 bits per heavy atom. The first-order chi connectivity index (χ1) is 11.7. The third-order valence-corrected chi connectivity index (χ3v) is 4.62. The van der Waals surface area contributed by atoms with E-state index in [1.54, 1.807) is 0 Å². The van der Waals surface area contributed by atoms with Crippen LogP contribution in [0.15, 0.2) is 30.3 Å². The van der Waals surface area contributed by atoms with Crippen LogP contribution in [-0.2, 0) is 4.79 Å². The summed E-state index contributed by atoms with van der Waals surface area (Å²) in [6.07, 6.45) is 13.6. The number of hydrogen-bond acceptors (Lipinski definition) is 2. The summed E-state index contributed by atoms with van der Waals surface area (Å²) < 4.78 is 0. The number of halogens is 1. The van der Waals surface area contributed by atoms with Crippen LogP contribution < -0.4 is 10.9 Å². The van der Waals surface area contributed by atoms with Crippen molar-refractivity contribution in [2.45, 2.75) is 82.9 Å². The Balaban J connectivity index is 1.95. The Hall–Kier alpha value is -1.22. The Morgan fingerprint density at radius 1 is 0.917 bits per heavy atom. The first-order valence-electron chi connectivity index (χ1n) is 9.49. The third-order valence-electron chi connectivity index (χ3n) is 4.20. The van der Waals surface area contributed by atoms with E-state index in [1.165, 1.54) is 51.4 Å². The molecule has 1 atom stereocenters. The molecule has 0 heterocycles. The number of rotatable bonds is 14. The first kappa shape index (κ1) is 20.8. The van der Waals surface area contributed by atoms with Crippen LogP contribution in [-0.4, -0.2) is 11.3 Å². The topological polar surface area (TPSA) is 41.1 Å². The van der Waals surface area contributed by atoms with E-state index >= 15 is 0 Å². The molecule has 0 saturated carbocycles. The van der Waals surface area contributed by atoms with Gasteiger partial charge in [0, 0.05) is 0 Å². The first-order valence-corrected chi connectivity index (χ1v) is 9.92. The largest absolute Gasteiger partial charge is 0.299 e. The highest BCUT2D eigenvalue weighted by atomic mass is 35.5. The molecule has 3 nitrogen and oxygen atoms in total. The van der Waals surface area contributed by atoms with Gasteiger partial charge in [0.25, 0.3) is 5.91 Å². The number of nitrogens with one attached hydrogen (secondary N) is 2. The zero-order chi connectivity index (χ0) is 17.5. The number of hydrogen-bond donors (Lipinski definition) is 2. The lowest BCUT2D eigenvalue weighted by molar-refractivity contribution is -0.120.